The van der Waals surface area contributed by atoms with Crippen LogP contribution in [0.3, 0.4) is 0 Å². The van der Waals surface area contributed by atoms with Crippen LogP contribution < -0.4 is 0 Å². The second kappa shape index (κ2) is 3.04. The molecule has 14 heavy (non-hydrogen) atoms. The van der Waals surface area contributed by atoms with Crippen LogP contribution in [0.4, 0.5) is 8.78 Å². The Morgan fingerprint density at radius 2 is 2.00 bits per heavy atom. The first kappa shape index (κ1) is 9.12. The van der Waals surface area contributed by atoms with Crippen LogP contribution in [0, 0.1) is 11.6 Å². The van der Waals surface area contributed by atoms with Crippen molar-refractivity contribution in [1.29, 1.82) is 0 Å². The molecule has 2 nitrogen and oxygen atoms in total. The highest BCUT2D eigenvalue weighted by molar-refractivity contribution is 5.73. The Morgan fingerprint density at radius 1 is 1.29 bits per heavy atom. The second-order valence-corrected chi connectivity index (χ2v) is 3.44. The van der Waals surface area contributed by atoms with Crippen molar-refractivity contribution >= 4 is 11.1 Å². The zero-order valence-electron chi connectivity index (χ0n) is 7.84. The van der Waals surface area contributed by atoms with Crippen LogP contribution in [0.15, 0.2) is 16.5 Å². The number of nitrogens with zero attached hydrogens (tertiary/aromatic N) is 1. The van der Waals surface area contributed by atoms with E-state index in [-0.39, 0.29) is 17.0 Å². The predicted molar refractivity (Wildman–Crippen MR) is 48.0 cm³/mol. The Balaban J connectivity index is 2.70. The normalized spacial score (nSPS) is 11.5. The van der Waals surface area contributed by atoms with Gasteiger partial charge in [0.25, 0.3) is 0 Å². The van der Waals surface area contributed by atoms with Crippen LogP contribution in [0.25, 0.3) is 11.1 Å². The molecule has 0 unspecified atom stereocenters. The molecule has 1 aromatic carbocycles. The molecule has 1 aromatic heterocycles. The Morgan fingerprint density at radius 3 is 2.64 bits per heavy atom. The lowest BCUT2D eigenvalue weighted by Crippen LogP contribution is -1.84. The van der Waals surface area contributed by atoms with Crippen molar-refractivity contribution in [3.63, 3.8) is 0 Å². The van der Waals surface area contributed by atoms with E-state index in [1.54, 1.807) is 0 Å². The van der Waals surface area contributed by atoms with Crippen molar-refractivity contribution in [3.05, 3.63) is 29.7 Å². The van der Waals surface area contributed by atoms with Crippen molar-refractivity contribution in [1.82, 2.24) is 4.98 Å². The molecule has 2 aromatic rings. The SMILES string of the molecule is CC(C)c1nc2cc(F)cc(F)c2o1. The van der Waals surface area contributed by atoms with E-state index in [1.165, 1.54) is 0 Å². The molecule has 0 radical (unpaired) electrons. The van der Waals surface area contributed by atoms with Gasteiger partial charge in [0.15, 0.2) is 17.3 Å². The van der Waals surface area contributed by atoms with Gasteiger partial charge in [0.05, 0.1) is 0 Å². The Bertz CT molecular complexity index is 476. The number of oxazole rings is 1. The average molecular weight is 197 g/mol. The minimum Gasteiger partial charge on any atom is -0.437 e. The van der Waals surface area contributed by atoms with Crippen molar-refractivity contribution in [2.75, 3.05) is 0 Å². The monoisotopic (exact) mass is 197 g/mol. The van der Waals surface area contributed by atoms with E-state index in [0.717, 1.165) is 12.1 Å². The quantitative estimate of drug-likeness (QED) is 0.701. The summed E-state index contributed by atoms with van der Waals surface area (Å²) in [6.45, 7) is 3.75. The molecular formula is C10H9F2NO. The van der Waals surface area contributed by atoms with Gasteiger partial charge in [-0.05, 0) is 0 Å². The van der Waals surface area contributed by atoms with Crippen LogP contribution in [0.2, 0.25) is 0 Å². The van der Waals surface area contributed by atoms with Crippen molar-refractivity contribution in [2.24, 2.45) is 0 Å². The highest BCUT2D eigenvalue weighted by Crippen LogP contribution is 2.24. The van der Waals surface area contributed by atoms with Gasteiger partial charge in [0.2, 0.25) is 0 Å². The van der Waals surface area contributed by atoms with Gasteiger partial charge in [-0.2, -0.15) is 0 Å². The molecule has 0 saturated carbocycles. The van der Waals surface area contributed by atoms with Crippen LogP contribution >= 0.6 is 0 Å². The third-order valence-corrected chi connectivity index (χ3v) is 1.92. The first-order chi connectivity index (χ1) is 6.58. The Kier molecular flexibility index (Phi) is 1.98. The summed E-state index contributed by atoms with van der Waals surface area (Å²) in [7, 11) is 0. The Hall–Kier alpha value is -1.45. The fourth-order valence-electron chi connectivity index (χ4n) is 1.22. The minimum absolute atomic E-state index is 0.0232. The highest BCUT2D eigenvalue weighted by Gasteiger charge is 2.13. The molecular weight excluding hydrogens is 188 g/mol. The molecule has 2 rings (SSSR count). The summed E-state index contributed by atoms with van der Waals surface area (Å²) in [6, 6.07) is 1.95. The highest BCUT2D eigenvalue weighted by atomic mass is 19.1. The van der Waals surface area contributed by atoms with Crippen LogP contribution in [-0.2, 0) is 0 Å². The third kappa shape index (κ3) is 1.36. The van der Waals surface area contributed by atoms with Crippen molar-refractivity contribution in [2.45, 2.75) is 19.8 Å². The van der Waals surface area contributed by atoms with E-state index in [1.807, 2.05) is 13.8 Å². The first-order valence-electron chi connectivity index (χ1n) is 4.33. The molecule has 0 aliphatic carbocycles. The molecule has 0 saturated heterocycles. The van der Waals surface area contributed by atoms with Gasteiger partial charge >= 0.3 is 0 Å². The number of fused-ring (bicyclic) bond motifs is 1. The molecule has 0 aliphatic rings. The molecule has 4 heteroatoms. The lowest BCUT2D eigenvalue weighted by atomic mass is 10.2. The van der Waals surface area contributed by atoms with Crippen LogP contribution in [-0.4, -0.2) is 4.98 Å². The van der Waals surface area contributed by atoms with Gasteiger partial charge in [0, 0.05) is 18.1 Å². The van der Waals surface area contributed by atoms with Crippen LogP contribution in [0.1, 0.15) is 25.7 Å². The summed E-state index contributed by atoms with van der Waals surface area (Å²) in [5.74, 6) is -0.868. The molecule has 0 N–H and O–H groups in total. The number of benzene rings is 1. The Labute approximate surface area is 79.6 Å². The third-order valence-electron chi connectivity index (χ3n) is 1.92. The number of hydrogen-bond donors (Lipinski definition) is 0. The van der Waals surface area contributed by atoms with Crippen LogP contribution in [0.5, 0.6) is 0 Å². The van der Waals surface area contributed by atoms with E-state index in [0.29, 0.717) is 5.89 Å². The lowest BCUT2D eigenvalue weighted by Gasteiger charge is -1.93. The van der Waals surface area contributed by atoms with E-state index >= 15 is 0 Å². The van der Waals surface area contributed by atoms with Crippen molar-refractivity contribution in [3.8, 4) is 0 Å². The van der Waals surface area contributed by atoms with Gasteiger partial charge in [0.1, 0.15) is 11.3 Å². The smallest absolute Gasteiger partial charge is 0.198 e. The first-order valence-corrected chi connectivity index (χ1v) is 4.33. The fraction of sp³-hybridized carbons (Fsp3) is 0.300. The summed E-state index contributed by atoms with van der Waals surface area (Å²) in [5, 5.41) is 0. The van der Waals surface area contributed by atoms with Gasteiger partial charge in [-0.15, -0.1) is 0 Å². The molecule has 0 bridgehead atoms. The maximum atomic E-state index is 13.2. The molecule has 1 heterocycles. The van der Waals surface area contributed by atoms with Gasteiger partial charge in [-0.3, -0.25) is 0 Å². The molecule has 0 spiro atoms. The lowest BCUT2D eigenvalue weighted by molar-refractivity contribution is 0.482. The summed E-state index contributed by atoms with van der Waals surface area (Å²) in [5.41, 5.74) is 0.251. The zero-order chi connectivity index (χ0) is 10.3. The minimum atomic E-state index is -0.709. The summed E-state index contributed by atoms with van der Waals surface area (Å²) in [4.78, 5) is 3.99. The summed E-state index contributed by atoms with van der Waals surface area (Å²) in [6.07, 6.45) is 0. The van der Waals surface area contributed by atoms with E-state index < -0.39 is 11.6 Å². The number of aromatic nitrogens is 1. The predicted octanol–water partition coefficient (Wildman–Crippen LogP) is 3.23. The topological polar surface area (TPSA) is 26.0 Å². The standard InChI is InChI=1S/C10H9F2NO/c1-5(2)10-13-8-4-6(11)3-7(12)9(8)14-10/h3-5H,1-2H3. The number of hydrogen-bond acceptors (Lipinski definition) is 2. The summed E-state index contributed by atoms with van der Waals surface area (Å²) >= 11 is 0. The van der Waals surface area contributed by atoms with Crippen molar-refractivity contribution < 1.29 is 13.2 Å². The van der Waals surface area contributed by atoms with E-state index in [2.05, 4.69) is 4.98 Å². The fourth-order valence-corrected chi connectivity index (χ4v) is 1.22. The largest absolute Gasteiger partial charge is 0.437 e. The average Bonchev–Trinajstić information content (AvgIpc) is 2.47. The molecule has 0 aliphatic heterocycles. The second-order valence-electron chi connectivity index (χ2n) is 3.44. The maximum Gasteiger partial charge on any atom is 0.198 e. The zero-order valence-corrected chi connectivity index (χ0v) is 7.84. The molecule has 74 valence electrons. The van der Waals surface area contributed by atoms with E-state index in [9.17, 15) is 8.78 Å². The molecule has 0 atom stereocenters. The van der Waals surface area contributed by atoms with Gasteiger partial charge in [-0.1, -0.05) is 13.8 Å². The molecule has 0 amide bonds. The van der Waals surface area contributed by atoms with Gasteiger partial charge < -0.3 is 4.42 Å². The number of halogens is 2. The maximum absolute atomic E-state index is 13.2. The molecule has 0 fully saturated rings. The van der Waals surface area contributed by atoms with E-state index in [4.69, 9.17) is 4.42 Å². The van der Waals surface area contributed by atoms with Gasteiger partial charge in [-0.25, -0.2) is 13.8 Å². The number of rotatable bonds is 1. The summed E-state index contributed by atoms with van der Waals surface area (Å²) < 4.78 is 31.1.